The molecule has 77 heavy (non-hydrogen) atoms. The lowest BCUT2D eigenvalue weighted by Gasteiger charge is -2.11. The Labute approximate surface area is 440 Å². The molecular formula is C48H44N10O15S4. The molecule has 0 aliphatic rings. The van der Waals surface area contributed by atoms with Crippen LogP contribution in [0.4, 0.5) is 56.9 Å². The summed E-state index contributed by atoms with van der Waals surface area (Å²) in [5.74, 6) is -1.13. The molecule has 7 aromatic rings. The van der Waals surface area contributed by atoms with Gasteiger partial charge in [-0.05, 0) is 171 Å². The second-order valence-corrected chi connectivity index (χ2v) is 22.8. The summed E-state index contributed by atoms with van der Waals surface area (Å²) in [5.41, 5.74) is 4.33. The van der Waals surface area contributed by atoms with Crippen LogP contribution in [-0.4, -0.2) is 74.5 Å². The van der Waals surface area contributed by atoms with E-state index in [-0.39, 0.29) is 52.4 Å². The fourth-order valence-electron chi connectivity index (χ4n) is 7.09. The van der Waals surface area contributed by atoms with Gasteiger partial charge in [0.15, 0.2) is 5.75 Å². The third-order valence-electron chi connectivity index (χ3n) is 11.1. The molecule has 0 saturated carbocycles. The van der Waals surface area contributed by atoms with E-state index in [1.54, 1.807) is 58.9 Å². The minimum atomic E-state index is -5.06. The van der Waals surface area contributed by atoms with E-state index < -0.39 is 78.0 Å². The molecular weight excluding hydrogens is 1080 g/mol. The quantitative estimate of drug-likeness (QED) is 0.0264. The van der Waals surface area contributed by atoms with Crippen LogP contribution < -0.4 is 4.74 Å². The number of ether oxygens (including phenoxy) is 1. The first-order chi connectivity index (χ1) is 36.0. The van der Waals surface area contributed by atoms with Crippen molar-refractivity contribution in [1.29, 1.82) is 0 Å². The van der Waals surface area contributed by atoms with Crippen molar-refractivity contribution in [2.45, 2.75) is 55.7 Å². The Kier molecular flexibility index (Phi) is 16.6. The summed E-state index contributed by atoms with van der Waals surface area (Å²) in [7, 11) is -19.2. The second kappa shape index (κ2) is 22.6. The third-order valence-corrected chi connectivity index (χ3v) is 14.5. The van der Waals surface area contributed by atoms with Gasteiger partial charge in [-0.15, -0.1) is 15.3 Å². The summed E-state index contributed by atoms with van der Waals surface area (Å²) in [6, 6.07) is 23.3. The largest absolute Gasteiger partial charge is 0.508 e. The average molecular weight is 1130 g/mol. The summed E-state index contributed by atoms with van der Waals surface area (Å²) in [6.45, 7) is 8.31. The molecule has 0 saturated heterocycles. The fourth-order valence-corrected chi connectivity index (χ4v) is 9.46. The van der Waals surface area contributed by atoms with Gasteiger partial charge in [-0.3, -0.25) is 18.2 Å². The van der Waals surface area contributed by atoms with Crippen molar-refractivity contribution in [3.8, 4) is 17.2 Å². The first-order valence-electron chi connectivity index (χ1n) is 22.2. The smallest absolute Gasteiger partial charge is 0.296 e. The van der Waals surface area contributed by atoms with Crippen LogP contribution in [0.3, 0.4) is 0 Å². The van der Waals surface area contributed by atoms with Crippen molar-refractivity contribution in [1.82, 2.24) is 0 Å². The van der Waals surface area contributed by atoms with Gasteiger partial charge in [0.2, 0.25) is 0 Å². The van der Waals surface area contributed by atoms with Crippen molar-refractivity contribution in [2.75, 3.05) is 12.4 Å². The van der Waals surface area contributed by atoms with Crippen molar-refractivity contribution in [3.05, 3.63) is 131 Å². The number of rotatable bonds is 18. The molecule has 0 aliphatic heterocycles. The zero-order valence-electron chi connectivity index (χ0n) is 40.9. The maximum atomic E-state index is 12.6. The molecule has 0 aromatic heterocycles. The number of nitrogens with zero attached hydrogens (tertiary/aromatic N) is 10. The van der Waals surface area contributed by atoms with E-state index in [4.69, 9.17) is 4.74 Å². The van der Waals surface area contributed by atoms with Gasteiger partial charge in [0.1, 0.15) is 38.4 Å². The van der Waals surface area contributed by atoms with Crippen molar-refractivity contribution >= 4 is 108 Å². The minimum Gasteiger partial charge on any atom is -0.508 e. The van der Waals surface area contributed by atoms with Crippen LogP contribution in [0.2, 0.25) is 0 Å². The van der Waals surface area contributed by atoms with Gasteiger partial charge >= 0.3 is 0 Å². The molecule has 0 fully saturated rings. The Morgan fingerprint density at radius 3 is 1.39 bits per heavy atom. The molecule has 6 N–H and O–H groups in total. The van der Waals surface area contributed by atoms with Gasteiger partial charge in [-0.1, -0.05) is 0 Å². The number of azo groups is 5. The van der Waals surface area contributed by atoms with Crippen LogP contribution in [0.5, 0.6) is 17.2 Å². The van der Waals surface area contributed by atoms with E-state index >= 15 is 0 Å². The van der Waals surface area contributed by atoms with E-state index in [2.05, 4.69) is 51.1 Å². The predicted molar refractivity (Wildman–Crippen MR) is 280 cm³/mol. The van der Waals surface area contributed by atoms with Crippen LogP contribution in [0.15, 0.2) is 169 Å². The lowest BCUT2D eigenvalue weighted by Crippen LogP contribution is -2.08. The fraction of sp³-hybridized carbons (Fsp3) is 0.167. The molecule has 0 radical (unpaired) electrons. The highest BCUT2D eigenvalue weighted by atomic mass is 32.2. The predicted octanol–water partition coefficient (Wildman–Crippen LogP) is 13.3. The maximum Gasteiger partial charge on any atom is 0.296 e. The number of fused-ring (bicyclic) bond motifs is 1. The zero-order chi connectivity index (χ0) is 56.2. The van der Waals surface area contributed by atoms with Crippen LogP contribution in [0, 0.1) is 34.6 Å². The number of benzene rings is 7. The molecule has 0 spiro atoms. The Bertz CT molecular complexity index is 4140. The Hall–Kier alpha value is -8.16. The van der Waals surface area contributed by atoms with Crippen molar-refractivity contribution < 1.29 is 66.8 Å². The van der Waals surface area contributed by atoms with Crippen LogP contribution in [-0.2, 0) is 40.5 Å². The number of phenols is 2. The highest BCUT2D eigenvalue weighted by Crippen LogP contribution is 2.44. The monoisotopic (exact) mass is 1130 g/mol. The van der Waals surface area contributed by atoms with Crippen LogP contribution >= 0.6 is 0 Å². The van der Waals surface area contributed by atoms with E-state index in [1.807, 2.05) is 0 Å². The average Bonchev–Trinajstić information content (AvgIpc) is 3.35. The lowest BCUT2D eigenvalue weighted by molar-refractivity contribution is 0.317. The molecule has 0 heterocycles. The molecule has 29 heteroatoms. The lowest BCUT2D eigenvalue weighted by atomic mass is 10.1. The number of aromatic hydroxyl groups is 2. The highest BCUT2D eigenvalue weighted by molar-refractivity contribution is 7.87. The third kappa shape index (κ3) is 14.4. The summed E-state index contributed by atoms with van der Waals surface area (Å²) >= 11 is 0. The van der Waals surface area contributed by atoms with Crippen molar-refractivity contribution in [2.24, 2.45) is 51.1 Å². The second-order valence-electron chi connectivity index (χ2n) is 17.0. The minimum absolute atomic E-state index is 0.0101. The Morgan fingerprint density at radius 2 is 0.883 bits per heavy atom. The van der Waals surface area contributed by atoms with Gasteiger partial charge in [0, 0.05) is 11.5 Å². The van der Waals surface area contributed by atoms with E-state index in [9.17, 15) is 62.1 Å². The Balaban J connectivity index is 1.12. The first kappa shape index (κ1) is 56.6. The summed E-state index contributed by atoms with van der Waals surface area (Å²) < 4.78 is 140. The standard InChI is InChI=1S/C48H44N10O15S4/c1-26-18-40(54-57-43-21-30(5)42(25-44(43)73-15-6-16-74(61,62)63)55-51-37-14-12-35(75(64,65)66)24-45(37)76(67,68)69)27(2)17-38(26)52-53-39-19-29(4)41(20-28(39)3)56-58-47-46(77(70,71)72)23-31-22-33(9-13-36(31)48(47)60)50-49-32-7-10-34(59)11-8-32/h7-14,17-25,59-60H,6,15-16H2,1-5H3,(H,61,62,63)(H,64,65,66)(H,67,68,69)(H,70,71,72). The van der Waals surface area contributed by atoms with Gasteiger partial charge < -0.3 is 14.9 Å². The van der Waals surface area contributed by atoms with Gasteiger partial charge in [0.05, 0.1) is 57.1 Å². The SMILES string of the molecule is Cc1cc(N=Nc2cc(C)c(N=Nc3ccc(S(=O)(=O)O)cc3S(=O)(=O)O)cc2OCCCS(=O)(=O)O)c(C)cc1N=Nc1cc(C)c(N=Nc2c(S(=O)(=O)O)cc3cc(N=Nc4ccc(O)cc4)ccc3c2O)cc1C. The van der Waals surface area contributed by atoms with Crippen LogP contribution in [0.1, 0.15) is 34.2 Å². The molecule has 0 atom stereocenters. The topological polar surface area (TPSA) is 391 Å². The van der Waals surface area contributed by atoms with Crippen molar-refractivity contribution in [3.63, 3.8) is 0 Å². The van der Waals surface area contributed by atoms with Gasteiger partial charge in [-0.2, -0.15) is 69.5 Å². The molecule has 0 unspecified atom stereocenters. The van der Waals surface area contributed by atoms with Gasteiger partial charge in [0.25, 0.3) is 40.5 Å². The summed E-state index contributed by atoms with van der Waals surface area (Å²) in [6.07, 6.45) is -0.137. The van der Waals surface area contributed by atoms with E-state index in [1.165, 1.54) is 54.6 Å². The molecule has 0 amide bonds. The summed E-state index contributed by atoms with van der Waals surface area (Å²) in [4.78, 5) is -2.50. The number of hydrogen-bond acceptors (Lipinski definition) is 21. The van der Waals surface area contributed by atoms with E-state index in [0.717, 1.165) is 18.2 Å². The van der Waals surface area contributed by atoms with Crippen LogP contribution in [0.25, 0.3) is 10.8 Å². The molecule has 0 aliphatic carbocycles. The Morgan fingerprint density at radius 1 is 0.429 bits per heavy atom. The molecule has 0 bridgehead atoms. The summed E-state index contributed by atoms with van der Waals surface area (Å²) in [5, 5.41) is 63.3. The highest BCUT2D eigenvalue weighted by Gasteiger charge is 2.24. The number of phenolic OH excluding ortho intramolecular Hbond substituents is 2. The normalized spacial score (nSPS) is 12.9. The van der Waals surface area contributed by atoms with Gasteiger partial charge in [-0.25, -0.2) is 0 Å². The molecule has 7 aromatic carbocycles. The number of hydrogen-bond donors (Lipinski definition) is 6. The maximum absolute atomic E-state index is 12.6. The van der Waals surface area contributed by atoms with E-state index in [0.29, 0.717) is 62.3 Å². The molecule has 400 valence electrons. The number of aryl methyl sites for hydroxylation is 5. The zero-order valence-corrected chi connectivity index (χ0v) is 44.2. The first-order valence-corrected chi connectivity index (χ1v) is 28.2. The molecule has 7 rings (SSSR count). The molecule has 25 nitrogen and oxygen atoms in total.